The molecule has 1 amide bonds. The molecule has 0 unspecified atom stereocenters. The lowest BCUT2D eigenvalue weighted by atomic mass is 10.1. The van der Waals surface area contributed by atoms with Crippen LogP contribution in [0.25, 0.3) is 0 Å². The Morgan fingerprint density at radius 2 is 2.27 bits per heavy atom. The van der Waals surface area contributed by atoms with Crippen molar-refractivity contribution in [2.75, 3.05) is 26.9 Å². The molecule has 0 radical (unpaired) electrons. The number of halogens is 1. The Kier molecular flexibility index (Phi) is 6.26. The largest absolute Gasteiger partial charge is 0.389 e. The highest BCUT2D eigenvalue weighted by atomic mass is 19.1. The number of amides is 1. The summed E-state index contributed by atoms with van der Waals surface area (Å²) in [5.41, 5.74) is 0.534. The molecule has 0 spiro atoms. The summed E-state index contributed by atoms with van der Waals surface area (Å²) in [7, 11) is 1.43. The second-order valence-electron chi connectivity index (χ2n) is 5.18. The molecular formula is C15H21FN2O4. The van der Waals surface area contributed by atoms with E-state index < -0.39 is 12.2 Å². The van der Waals surface area contributed by atoms with Crippen molar-refractivity contribution < 1.29 is 23.8 Å². The molecule has 22 heavy (non-hydrogen) atoms. The second kappa shape index (κ2) is 8.19. The fourth-order valence-electron chi connectivity index (χ4n) is 2.32. The van der Waals surface area contributed by atoms with Gasteiger partial charge in [0.1, 0.15) is 18.5 Å². The summed E-state index contributed by atoms with van der Waals surface area (Å²) in [6, 6.07) is 6.17. The number of carbonyl (C=O) groups is 1. The van der Waals surface area contributed by atoms with Gasteiger partial charge in [0.25, 0.3) is 0 Å². The van der Waals surface area contributed by atoms with Crippen LogP contribution in [0.15, 0.2) is 24.3 Å². The molecule has 1 aliphatic rings. The highest BCUT2D eigenvalue weighted by Crippen LogP contribution is 2.15. The normalized spacial score (nSPS) is 24.4. The molecule has 3 atom stereocenters. The van der Waals surface area contributed by atoms with E-state index in [1.807, 2.05) is 0 Å². The van der Waals surface area contributed by atoms with Crippen molar-refractivity contribution in [1.82, 2.24) is 10.6 Å². The van der Waals surface area contributed by atoms with Crippen molar-refractivity contribution in [3.8, 4) is 0 Å². The average Bonchev–Trinajstić information content (AvgIpc) is 2.85. The third-order valence-corrected chi connectivity index (χ3v) is 3.57. The van der Waals surface area contributed by atoms with Gasteiger partial charge in [-0.2, -0.15) is 0 Å². The molecule has 6 nitrogen and oxygen atoms in total. The van der Waals surface area contributed by atoms with Crippen LogP contribution in [-0.4, -0.2) is 56.1 Å². The smallest absolute Gasteiger partial charge is 0.246 e. The molecular weight excluding hydrogens is 291 g/mol. The van der Waals surface area contributed by atoms with Gasteiger partial charge in [-0.15, -0.1) is 0 Å². The van der Waals surface area contributed by atoms with Gasteiger partial charge in [0.15, 0.2) is 0 Å². The molecule has 1 fully saturated rings. The molecule has 1 aromatic carbocycles. The number of nitrogens with one attached hydrogen (secondary N) is 2. The maximum Gasteiger partial charge on any atom is 0.246 e. The quantitative estimate of drug-likeness (QED) is 0.650. The summed E-state index contributed by atoms with van der Waals surface area (Å²) in [5, 5.41) is 15.9. The van der Waals surface area contributed by atoms with Gasteiger partial charge in [0.2, 0.25) is 5.91 Å². The van der Waals surface area contributed by atoms with Crippen LogP contribution in [-0.2, 0) is 20.8 Å². The van der Waals surface area contributed by atoms with Gasteiger partial charge < -0.3 is 25.2 Å². The summed E-state index contributed by atoms with van der Waals surface area (Å²) in [5.74, 6) is -0.548. The van der Waals surface area contributed by atoms with Crippen molar-refractivity contribution in [1.29, 1.82) is 0 Å². The first-order valence-electron chi connectivity index (χ1n) is 7.14. The van der Waals surface area contributed by atoms with Gasteiger partial charge in [-0.1, -0.05) is 18.2 Å². The summed E-state index contributed by atoms with van der Waals surface area (Å²) >= 11 is 0. The molecule has 0 bridgehead atoms. The molecule has 1 saturated heterocycles. The Morgan fingerprint density at radius 1 is 1.50 bits per heavy atom. The Bertz CT molecular complexity index is 500. The van der Waals surface area contributed by atoms with Crippen LogP contribution in [0.2, 0.25) is 0 Å². The van der Waals surface area contributed by atoms with Gasteiger partial charge >= 0.3 is 0 Å². The molecule has 3 N–H and O–H groups in total. The van der Waals surface area contributed by atoms with Gasteiger partial charge in [0, 0.05) is 25.8 Å². The van der Waals surface area contributed by atoms with Crippen molar-refractivity contribution in [2.24, 2.45) is 0 Å². The van der Waals surface area contributed by atoms with E-state index in [9.17, 15) is 14.3 Å². The predicted octanol–water partition coefficient (Wildman–Crippen LogP) is -0.194. The number of hydrogen-bond donors (Lipinski definition) is 3. The summed E-state index contributed by atoms with van der Waals surface area (Å²) < 4.78 is 23.7. The van der Waals surface area contributed by atoms with Crippen molar-refractivity contribution >= 4 is 5.91 Å². The Hall–Kier alpha value is -1.54. The van der Waals surface area contributed by atoms with E-state index in [1.165, 1.54) is 13.2 Å². The van der Waals surface area contributed by atoms with E-state index in [0.717, 1.165) is 0 Å². The number of hydrogen-bond acceptors (Lipinski definition) is 5. The molecule has 1 aromatic rings. The van der Waals surface area contributed by atoms with Crippen LogP contribution in [0.3, 0.4) is 0 Å². The topological polar surface area (TPSA) is 79.8 Å². The summed E-state index contributed by atoms with van der Waals surface area (Å²) in [6.07, 6.45) is -1.26. The van der Waals surface area contributed by atoms with Gasteiger partial charge in [0.05, 0.1) is 18.8 Å². The maximum absolute atomic E-state index is 13.5. The van der Waals surface area contributed by atoms with E-state index in [1.54, 1.807) is 18.2 Å². The minimum absolute atomic E-state index is 0.0300. The van der Waals surface area contributed by atoms with Crippen LogP contribution < -0.4 is 10.6 Å². The third-order valence-electron chi connectivity index (χ3n) is 3.57. The third kappa shape index (κ3) is 4.48. The summed E-state index contributed by atoms with van der Waals surface area (Å²) in [4.78, 5) is 11.3. The zero-order valence-corrected chi connectivity index (χ0v) is 12.4. The molecule has 0 aromatic heterocycles. The highest BCUT2D eigenvalue weighted by Gasteiger charge is 2.35. The van der Waals surface area contributed by atoms with E-state index in [4.69, 9.17) is 9.47 Å². The molecule has 1 heterocycles. The van der Waals surface area contributed by atoms with Crippen LogP contribution in [0.5, 0.6) is 0 Å². The lowest BCUT2D eigenvalue weighted by Crippen LogP contribution is -2.45. The van der Waals surface area contributed by atoms with Gasteiger partial charge in [-0.3, -0.25) is 4.79 Å². The van der Waals surface area contributed by atoms with Gasteiger partial charge in [-0.05, 0) is 6.07 Å². The van der Waals surface area contributed by atoms with Crippen LogP contribution in [0, 0.1) is 5.82 Å². The summed E-state index contributed by atoms with van der Waals surface area (Å²) in [6.45, 7) is 0.792. The number of rotatable bonds is 7. The van der Waals surface area contributed by atoms with Crippen LogP contribution in [0.4, 0.5) is 4.39 Å². The molecule has 0 aliphatic carbocycles. The van der Waals surface area contributed by atoms with E-state index in [-0.39, 0.29) is 30.9 Å². The Labute approximate surface area is 128 Å². The minimum atomic E-state index is -0.769. The second-order valence-corrected chi connectivity index (χ2v) is 5.18. The molecule has 7 heteroatoms. The number of benzene rings is 1. The van der Waals surface area contributed by atoms with E-state index in [0.29, 0.717) is 18.7 Å². The lowest BCUT2D eigenvalue weighted by Gasteiger charge is -2.19. The lowest BCUT2D eigenvalue weighted by molar-refractivity contribution is -0.125. The number of carbonyl (C=O) groups excluding carboxylic acids is 1. The minimum Gasteiger partial charge on any atom is -0.389 e. The molecule has 2 rings (SSSR count). The SMILES string of the molecule is COCC(=O)NC[C@H]1OC[C@@H](NCc2ccccc2F)[C@@H]1O. The first kappa shape index (κ1) is 16.8. The molecule has 1 aliphatic heterocycles. The fourth-order valence-corrected chi connectivity index (χ4v) is 2.32. The Morgan fingerprint density at radius 3 is 3.00 bits per heavy atom. The first-order valence-corrected chi connectivity index (χ1v) is 7.14. The fraction of sp³-hybridized carbons (Fsp3) is 0.533. The van der Waals surface area contributed by atoms with Crippen LogP contribution in [0.1, 0.15) is 5.56 Å². The number of aliphatic hydroxyl groups is 1. The number of methoxy groups -OCH3 is 1. The molecule has 122 valence electrons. The number of aliphatic hydroxyl groups excluding tert-OH is 1. The first-order chi connectivity index (χ1) is 10.6. The van der Waals surface area contributed by atoms with E-state index in [2.05, 4.69) is 10.6 Å². The number of ether oxygens (including phenoxy) is 2. The zero-order chi connectivity index (χ0) is 15.9. The Balaban J connectivity index is 1.77. The van der Waals surface area contributed by atoms with Gasteiger partial charge in [-0.25, -0.2) is 4.39 Å². The van der Waals surface area contributed by atoms with Crippen LogP contribution >= 0.6 is 0 Å². The van der Waals surface area contributed by atoms with Crippen molar-refractivity contribution in [2.45, 2.75) is 24.8 Å². The zero-order valence-electron chi connectivity index (χ0n) is 12.4. The highest BCUT2D eigenvalue weighted by molar-refractivity contribution is 5.77. The van der Waals surface area contributed by atoms with Crippen molar-refractivity contribution in [3.05, 3.63) is 35.6 Å². The van der Waals surface area contributed by atoms with E-state index >= 15 is 0 Å². The average molecular weight is 312 g/mol. The standard InChI is InChI=1S/C15H21FN2O4/c1-21-9-14(19)18-7-13-15(20)12(8-22-13)17-6-10-4-2-3-5-11(10)16/h2-5,12-13,15,17,20H,6-9H2,1H3,(H,18,19)/t12-,13-,15+/m1/s1. The van der Waals surface area contributed by atoms with Crippen molar-refractivity contribution in [3.63, 3.8) is 0 Å². The monoisotopic (exact) mass is 312 g/mol. The predicted molar refractivity (Wildman–Crippen MR) is 77.7 cm³/mol. The molecule has 0 saturated carbocycles. The maximum atomic E-state index is 13.5.